The van der Waals surface area contributed by atoms with Gasteiger partial charge in [0.1, 0.15) is 5.82 Å². The highest BCUT2D eigenvalue weighted by molar-refractivity contribution is 5.76. The fourth-order valence-corrected chi connectivity index (χ4v) is 3.44. The van der Waals surface area contributed by atoms with E-state index in [0.717, 1.165) is 50.0 Å². The summed E-state index contributed by atoms with van der Waals surface area (Å²) < 4.78 is 13.3. The molecule has 2 aromatic rings. The highest BCUT2D eigenvalue weighted by Gasteiger charge is 2.23. The predicted octanol–water partition coefficient (Wildman–Crippen LogP) is 3.42. The van der Waals surface area contributed by atoms with Crippen molar-refractivity contribution in [1.29, 1.82) is 0 Å². The van der Waals surface area contributed by atoms with Crippen molar-refractivity contribution in [3.63, 3.8) is 0 Å². The molecule has 5 heteroatoms. The lowest BCUT2D eigenvalue weighted by Crippen LogP contribution is -2.40. The van der Waals surface area contributed by atoms with E-state index < -0.39 is 0 Å². The third-order valence-electron chi connectivity index (χ3n) is 4.81. The van der Waals surface area contributed by atoms with Crippen molar-refractivity contribution in [2.24, 2.45) is 5.92 Å². The van der Waals surface area contributed by atoms with Crippen molar-refractivity contribution >= 4 is 5.91 Å². The maximum atomic E-state index is 13.3. The maximum absolute atomic E-state index is 13.3. The van der Waals surface area contributed by atoms with E-state index in [1.165, 1.54) is 6.07 Å². The Hall–Kier alpha value is -2.30. The summed E-state index contributed by atoms with van der Waals surface area (Å²) in [6, 6.07) is 6.80. The molecule has 0 N–H and O–H groups in total. The molecule has 132 valence electrons. The Morgan fingerprint density at radius 1 is 1.28 bits per heavy atom. The van der Waals surface area contributed by atoms with Crippen molar-refractivity contribution in [2.45, 2.75) is 38.5 Å². The molecule has 1 aliphatic heterocycles. The second kappa shape index (κ2) is 8.70. The highest BCUT2D eigenvalue weighted by atomic mass is 19.1. The van der Waals surface area contributed by atoms with Gasteiger partial charge in [-0.2, -0.15) is 0 Å². The number of nitrogens with zero attached hydrogens (tertiary/aromatic N) is 3. The van der Waals surface area contributed by atoms with Crippen LogP contribution in [0.5, 0.6) is 0 Å². The topological polar surface area (TPSA) is 46.1 Å². The van der Waals surface area contributed by atoms with E-state index in [1.54, 1.807) is 30.7 Å². The van der Waals surface area contributed by atoms with E-state index in [4.69, 9.17) is 0 Å². The fraction of sp³-hybridized carbons (Fsp3) is 0.450. The van der Waals surface area contributed by atoms with Crippen molar-refractivity contribution in [3.8, 4) is 0 Å². The van der Waals surface area contributed by atoms with Crippen molar-refractivity contribution in [2.75, 3.05) is 13.1 Å². The van der Waals surface area contributed by atoms with Gasteiger partial charge in [0.2, 0.25) is 5.91 Å². The van der Waals surface area contributed by atoms with Crippen LogP contribution in [0.2, 0.25) is 0 Å². The van der Waals surface area contributed by atoms with E-state index in [2.05, 4.69) is 9.97 Å². The summed E-state index contributed by atoms with van der Waals surface area (Å²) in [5.41, 5.74) is 1.89. The minimum atomic E-state index is -0.179. The van der Waals surface area contributed by atoms with Gasteiger partial charge in [0.15, 0.2) is 0 Å². The molecule has 1 saturated heterocycles. The molecule has 0 spiro atoms. The second-order valence-corrected chi connectivity index (χ2v) is 6.71. The Kier molecular flexibility index (Phi) is 6.09. The molecule has 1 aromatic heterocycles. The van der Waals surface area contributed by atoms with Crippen LogP contribution in [-0.4, -0.2) is 33.9 Å². The van der Waals surface area contributed by atoms with Crippen molar-refractivity contribution in [1.82, 2.24) is 14.9 Å². The molecule has 25 heavy (non-hydrogen) atoms. The zero-order valence-corrected chi connectivity index (χ0v) is 14.4. The standard InChI is InChI=1S/C20H24FN3O/c21-18-5-1-3-16(13-18)6-7-17-4-2-12-24(15-17)20(25)9-8-19-14-22-10-11-23-19/h1,3,5,10-11,13-14,17H,2,4,6-9,12,15H2/t17-/m1/s1. The number of rotatable bonds is 6. The van der Waals surface area contributed by atoms with Gasteiger partial charge in [0.25, 0.3) is 0 Å². The summed E-state index contributed by atoms with van der Waals surface area (Å²) in [5, 5.41) is 0. The molecule has 0 bridgehead atoms. The van der Waals surface area contributed by atoms with Crippen LogP contribution in [0.25, 0.3) is 0 Å². The first-order chi connectivity index (χ1) is 12.2. The molecule has 1 aliphatic rings. The average molecular weight is 341 g/mol. The molecule has 0 radical (unpaired) electrons. The first kappa shape index (κ1) is 17.5. The molecule has 2 heterocycles. The number of aromatic nitrogens is 2. The minimum Gasteiger partial charge on any atom is -0.342 e. The van der Waals surface area contributed by atoms with E-state index in [0.29, 0.717) is 18.8 Å². The lowest BCUT2D eigenvalue weighted by Gasteiger charge is -2.33. The first-order valence-corrected chi connectivity index (χ1v) is 8.98. The number of benzene rings is 1. The molecule has 1 aromatic carbocycles. The maximum Gasteiger partial charge on any atom is 0.222 e. The number of aryl methyl sites for hydroxylation is 2. The van der Waals surface area contributed by atoms with E-state index >= 15 is 0 Å². The van der Waals surface area contributed by atoms with Gasteiger partial charge in [-0.05, 0) is 55.7 Å². The van der Waals surface area contributed by atoms with E-state index in [1.807, 2.05) is 11.0 Å². The van der Waals surface area contributed by atoms with E-state index in [-0.39, 0.29) is 11.7 Å². The number of likely N-dealkylation sites (tertiary alicyclic amines) is 1. The Morgan fingerprint density at radius 3 is 3.00 bits per heavy atom. The molecule has 1 amide bonds. The number of piperidine rings is 1. The van der Waals surface area contributed by atoms with Crippen LogP contribution in [0.1, 0.15) is 36.9 Å². The number of amides is 1. The average Bonchev–Trinajstić information content (AvgIpc) is 2.65. The summed E-state index contributed by atoms with van der Waals surface area (Å²) in [6.45, 7) is 1.66. The highest BCUT2D eigenvalue weighted by Crippen LogP contribution is 2.22. The molecular weight excluding hydrogens is 317 g/mol. The minimum absolute atomic E-state index is 0.179. The van der Waals surface area contributed by atoms with Gasteiger partial charge in [-0.15, -0.1) is 0 Å². The lowest BCUT2D eigenvalue weighted by atomic mass is 9.91. The number of hydrogen-bond acceptors (Lipinski definition) is 3. The van der Waals surface area contributed by atoms with Gasteiger partial charge in [-0.25, -0.2) is 4.39 Å². The van der Waals surface area contributed by atoms with Gasteiger partial charge < -0.3 is 4.90 Å². The quantitative estimate of drug-likeness (QED) is 0.809. The normalized spacial score (nSPS) is 17.5. The Balaban J connectivity index is 1.46. The molecule has 1 atom stereocenters. The first-order valence-electron chi connectivity index (χ1n) is 8.98. The van der Waals surface area contributed by atoms with Crippen LogP contribution in [-0.2, 0) is 17.6 Å². The number of hydrogen-bond donors (Lipinski definition) is 0. The Morgan fingerprint density at radius 2 is 2.20 bits per heavy atom. The lowest BCUT2D eigenvalue weighted by molar-refractivity contribution is -0.133. The second-order valence-electron chi connectivity index (χ2n) is 6.71. The molecule has 1 fully saturated rings. The number of carbonyl (C=O) groups is 1. The van der Waals surface area contributed by atoms with Crippen LogP contribution >= 0.6 is 0 Å². The van der Waals surface area contributed by atoms with Crippen LogP contribution in [0.4, 0.5) is 4.39 Å². The molecule has 3 rings (SSSR count). The largest absolute Gasteiger partial charge is 0.342 e. The predicted molar refractivity (Wildman–Crippen MR) is 94.4 cm³/mol. The van der Waals surface area contributed by atoms with Gasteiger partial charge in [-0.3, -0.25) is 14.8 Å². The molecular formula is C20H24FN3O. The van der Waals surface area contributed by atoms with E-state index in [9.17, 15) is 9.18 Å². The van der Waals surface area contributed by atoms with Crippen LogP contribution in [0, 0.1) is 11.7 Å². The molecule has 4 nitrogen and oxygen atoms in total. The SMILES string of the molecule is O=C(CCc1cnccn1)N1CCC[C@H](CCc2cccc(F)c2)C1. The zero-order valence-electron chi connectivity index (χ0n) is 14.4. The third-order valence-corrected chi connectivity index (χ3v) is 4.81. The Labute approximate surface area is 148 Å². The molecule has 0 aliphatic carbocycles. The van der Waals surface area contributed by atoms with Gasteiger partial charge in [0.05, 0.1) is 5.69 Å². The fourth-order valence-electron chi connectivity index (χ4n) is 3.44. The summed E-state index contributed by atoms with van der Waals surface area (Å²) >= 11 is 0. The van der Waals surface area contributed by atoms with Gasteiger partial charge in [-0.1, -0.05) is 12.1 Å². The summed E-state index contributed by atoms with van der Waals surface area (Å²) in [4.78, 5) is 22.7. The van der Waals surface area contributed by atoms with Crippen LogP contribution < -0.4 is 0 Å². The number of carbonyl (C=O) groups excluding carboxylic acids is 1. The molecule has 0 saturated carbocycles. The smallest absolute Gasteiger partial charge is 0.222 e. The monoisotopic (exact) mass is 341 g/mol. The van der Waals surface area contributed by atoms with Gasteiger partial charge >= 0.3 is 0 Å². The number of halogens is 1. The third kappa shape index (κ3) is 5.34. The Bertz CT molecular complexity index is 692. The zero-order chi connectivity index (χ0) is 17.5. The van der Waals surface area contributed by atoms with Crippen molar-refractivity contribution in [3.05, 3.63) is 59.9 Å². The summed E-state index contributed by atoms with van der Waals surface area (Å²) in [5.74, 6) is 0.514. The summed E-state index contributed by atoms with van der Waals surface area (Å²) in [6.07, 6.45) is 10.2. The summed E-state index contributed by atoms with van der Waals surface area (Å²) in [7, 11) is 0. The van der Waals surface area contributed by atoms with Gasteiger partial charge in [0, 0.05) is 38.1 Å². The van der Waals surface area contributed by atoms with Crippen LogP contribution in [0.15, 0.2) is 42.9 Å². The molecule has 0 unspecified atom stereocenters. The van der Waals surface area contributed by atoms with Crippen molar-refractivity contribution < 1.29 is 9.18 Å². The van der Waals surface area contributed by atoms with Crippen LogP contribution in [0.3, 0.4) is 0 Å².